The molecule has 3 rings (SSSR count). The van der Waals surface area contributed by atoms with Gasteiger partial charge in [-0.2, -0.15) is 0 Å². The first-order valence-corrected chi connectivity index (χ1v) is 4.98. The van der Waals surface area contributed by atoms with Crippen molar-refractivity contribution >= 4 is 29.0 Å². The van der Waals surface area contributed by atoms with E-state index in [2.05, 4.69) is 12.2 Å². The van der Waals surface area contributed by atoms with E-state index in [1.165, 1.54) is 0 Å². The first-order valence-electron chi connectivity index (χ1n) is 4.23. The molecule has 0 saturated heterocycles. The molecule has 0 aromatic heterocycles. The van der Waals surface area contributed by atoms with Gasteiger partial charge in [-0.05, 0) is 18.3 Å². The number of allylic oxidation sites excluding steroid dienone is 2. The molecule has 0 heterocycles. The molecule has 4 atom stereocenters. The molecule has 12 heavy (non-hydrogen) atoms. The van der Waals surface area contributed by atoms with Crippen LogP contribution in [0.25, 0.3) is 0 Å². The number of rotatable bonds is 0. The van der Waals surface area contributed by atoms with Crippen molar-refractivity contribution in [3.8, 4) is 0 Å². The highest BCUT2D eigenvalue weighted by Crippen LogP contribution is 2.64. The van der Waals surface area contributed by atoms with E-state index < -0.39 is 4.33 Å². The van der Waals surface area contributed by atoms with Gasteiger partial charge in [-0.1, -0.05) is 35.4 Å². The van der Waals surface area contributed by atoms with Crippen LogP contribution in [0.4, 0.5) is 0 Å². The molecule has 2 saturated carbocycles. The second-order valence-corrected chi connectivity index (χ2v) is 5.37. The van der Waals surface area contributed by atoms with Gasteiger partial charge in [-0.25, -0.2) is 0 Å². The van der Waals surface area contributed by atoms with Crippen molar-refractivity contribution in [3.63, 3.8) is 0 Å². The molecule has 0 aromatic carbocycles. The number of carbonyl (C=O) groups is 1. The summed E-state index contributed by atoms with van der Waals surface area (Å²) in [6.07, 6.45) is 5.40. The van der Waals surface area contributed by atoms with E-state index in [9.17, 15) is 4.79 Å². The summed E-state index contributed by atoms with van der Waals surface area (Å²) in [5, 5.41) is 0. The number of alkyl halides is 2. The summed E-state index contributed by atoms with van der Waals surface area (Å²) in [6, 6.07) is 0. The van der Waals surface area contributed by atoms with E-state index in [4.69, 9.17) is 23.2 Å². The molecule has 2 fully saturated rings. The predicted molar refractivity (Wildman–Crippen MR) is 47.2 cm³/mol. The van der Waals surface area contributed by atoms with Crippen LogP contribution in [0.2, 0.25) is 0 Å². The fraction of sp³-hybridized carbons (Fsp3) is 0.667. The minimum atomic E-state index is -1.06. The van der Waals surface area contributed by atoms with Gasteiger partial charge in [0.05, 0.1) is 0 Å². The fourth-order valence-electron chi connectivity index (χ4n) is 2.96. The maximum absolute atomic E-state index is 11.5. The molecule has 0 radical (unpaired) electrons. The monoisotopic (exact) mass is 202 g/mol. The van der Waals surface area contributed by atoms with Crippen LogP contribution in [-0.2, 0) is 4.79 Å². The molecule has 3 heteroatoms. The van der Waals surface area contributed by atoms with Crippen LogP contribution in [0.3, 0.4) is 0 Å². The topological polar surface area (TPSA) is 17.1 Å². The van der Waals surface area contributed by atoms with Crippen molar-refractivity contribution in [2.24, 2.45) is 23.7 Å². The van der Waals surface area contributed by atoms with Gasteiger partial charge in [-0.15, -0.1) is 0 Å². The summed E-state index contributed by atoms with van der Waals surface area (Å²) in [4.78, 5) is 11.5. The maximum atomic E-state index is 11.5. The standard InChI is InChI=1S/C9H8Cl2O/c10-9(11)7-5-2-1-4(3-5)6(7)8(9)12/h1-2,4-7H,3H2/t4?,5?,6-,7+/m1/s1. The Balaban J connectivity index is 2.04. The zero-order valence-corrected chi connectivity index (χ0v) is 7.85. The Bertz CT molecular complexity index is 295. The Kier molecular flexibility index (Phi) is 1.18. The van der Waals surface area contributed by atoms with Crippen molar-refractivity contribution in [2.75, 3.05) is 0 Å². The summed E-state index contributed by atoms with van der Waals surface area (Å²) in [5.74, 6) is 1.32. The number of hydrogen-bond acceptors (Lipinski definition) is 1. The van der Waals surface area contributed by atoms with E-state index in [0.29, 0.717) is 11.8 Å². The molecule has 2 bridgehead atoms. The van der Waals surface area contributed by atoms with Gasteiger partial charge in [0.1, 0.15) is 0 Å². The Morgan fingerprint density at radius 1 is 1.33 bits per heavy atom. The Morgan fingerprint density at radius 3 is 2.67 bits per heavy atom. The van der Waals surface area contributed by atoms with Crippen LogP contribution >= 0.6 is 23.2 Å². The maximum Gasteiger partial charge on any atom is 0.180 e. The van der Waals surface area contributed by atoms with Crippen molar-refractivity contribution in [1.29, 1.82) is 0 Å². The average molecular weight is 203 g/mol. The minimum Gasteiger partial charge on any atom is -0.296 e. The van der Waals surface area contributed by atoms with Gasteiger partial charge in [0.2, 0.25) is 0 Å². The fourth-order valence-corrected chi connectivity index (χ4v) is 3.81. The average Bonchev–Trinajstić information content (AvgIpc) is 2.59. The zero-order chi connectivity index (χ0) is 8.51. The number of carbonyl (C=O) groups excluding carboxylic acids is 1. The van der Waals surface area contributed by atoms with Gasteiger partial charge >= 0.3 is 0 Å². The van der Waals surface area contributed by atoms with Gasteiger partial charge in [0, 0.05) is 11.8 Å². The highest BCUT2D eigenvalue weighted by molar-refractivity contribution is 6.61. The molecule has 0 aromatic rings. The molecule has 0 aliphatic heterocycles. The van der Waals surface area contributed by atoms with Gasteiger partial charge in [-0.3, -0.25) is 4.79 Å². The summed E-state index contributed by atoms with van der Waals surface area (Å²) in [5.41, 5.74) is 0. The molecule has 0 N–H and O–H groups in total. The Morgan fingerprint density at radius 2 is 2.00 bits per heavy atom. The van der Waals surface area contributed by atoms with Crippen LogP contribution in [0, 0.1) is 23.7 Å². The number of halogens is 2. The lowest BCUT2D eigenvalue weighted by molar-refractivity contribution is -0.136. The summed E-state index contributed by atoms with van der Waals surface area (Å²) in [6.45, 7) is 0. The lowest BCUT2D eigenvalue weighted by atomic mass is 9.66. The zero-order valence-electron chi connectivity index (χ0n) is 6.34. The highest BCUT2D eigenvalue weighted by atomic mass is 35.5. The molecule has 0 amide bonds. The molecule has 64 valence electrons. The summed E-state index contributed by atoms with van der Waals surface area (Å²) in [7, 11) is 0. The third-order valence-electron chi connectivity index (χ3n) is 3.51. The Labute approximate surface area is 80.7 Å². The van der Waals surface area contributed by atoms with Crippen LogP contribution in [0.1, 0.15) is 6.42 Å². The quantitative estimate of drug-likeness (QED) is 0.435. The first-order chi connectivity index (χ1) is 5.62. The van der Waals surface area contributed by atoms with Gasteiger partial charge in [0.15, 0.2) is 10.1 Å². The van der Waals surface area contributed by atoms with E-state index in [1.54, 1.807) is 0 Å². The number of hydrogen-bond donors (Lipinski definition) is 0. The Hall–Kier alpha value is -0.0100. The number of Topliss-reactive ketones (excluding diaryl/α,β-unsaturated/α-hetero) is 1. The van der Waals surface area contributed by atoms with Gasteiger partial charge < -0.3 is 0 Å². The van der Waals surface area contributed by atoms with E-state index in [-0.39, 0.29) is 17.6 Å². The van der Waals surface area contributed by atoms with Crippen LogP contribution < -0.4 is 0 Å². The molecule has 3 aliphatic carbocycles. The third kappa shape index (κ3) is 0.590. The minimum absolute atomic E-state index is 0.0488. The van der Waals surface area contributed by atoms with Gasteiger partial charge in [0.25, 0.3) is 0 Å². The molecule has 0 spiro atoms. The van der Waals surface area contributed by atoms with Crippen LogP contribution in [-0.4, -0.2) is 10.1 Å². The number of fused-ring (bicyclic) bond motifs is 5. The van der Waals surface area contributed by atoms with Crippen molar-refractivity contribution in [2.45, 2.75) is 10.8 Å². The molecule has 1 nitrogen and oxygen atoms in total. The van der Waals surface area contributed by atoms with Crippen LogP contribution in [0.15, 0.2) is 12.2 Å². The van der Waals surface area contributed by atoms with E-state index >= 15 is 0 Å². The van der Waals surface area contributed by atoms with Crippen molar-refractivity contribution in [3.05, 3.63) is 12.2 Å². The van der Waals surface area contributed by atoms with Crippen LogP contribution in [0.5, 0.6) is 0 Å². The van der Waals surface area contributed by atoms with E-state index in [1.807, 2.05) is 0 Å². The number of ketones is 1. The largest absolute Gasteiger partial charge is 0.296 e. The first kappa shape index (κ1) is 7.40. The SMILES string of the molecule is O=C1[C@@H]2C3C=CC(C3)[C@@H]2C1(Cl)Cl. The lowest BCUT2D eigenvalue weighted by Gasteiger charge is -2.46. The molecule has 2 unspecified atom stereocenters. The van der Waals surface area contributed by atoms with Crippen molar-refractivity contribution in [1.82, 2.24) is 0 Å². The van der Waals surface area contributed by atoms with E-state index in [0.717, 1.165) is 6.42 Å². The molecule has 3 aliphatic rings. The third-order valence-corrected chi connectivity index (χ3v) is 4.39. The second-order valence-electron chi connectivity index (χ2n) is 3.99. The normalized spacial score (nSPS) is 52.3. The summed E-state index contributed by atoms with van der Waals surface area (Å²) < 4.78 is -1.06. The predicted octanol–water partition coefficient (Wildman–Crippen LogP) is 2.18. The highest BCUT2D eigenvalue weighted by Gasteiger charge is 2.68. The molecular weight excluding hydrogens is 195 g/mol. The lowest BCUT2D eigenvalue weighted by Crippen LogP contribution is -2.57. The smallest absolute Gasteiger partial charge is 0.180 e. The van der Waals surface area contributed by atoms with Crippen molar-refractivity contribution < 1.29 is 4.79 Å². The second kappa shape index (κ2) is 1.91. The molecular formula is C9H8Cl2O. The summed E-state index contributed by atoms with van der Waals surface area (Å²) >= 11 is 11.9.